The van der Waals surface area contributed by atoms with Crippen molar-refractivity contribution in [3.05, 3.63) is 58.2 Å². The van der Waals surface area contributed by atoms with Crippen LogP contribution < -0.4 is 5.32 Å². The Hall–Kier alpha value is -1.30. The van der Waals surface area contributed by atoms with Crippen molar-refractivity contribution in [2.45, 2.75) is 131 Å². The fourth-order valence-electron chi connectivity index (χ4n) is 4.19. The zero-order valence-electron chi connectivity index (χ0n) is 27.2. The van der Waals surface area contributed by atoms with E-state index in [0.717, 1.165) is 77.0 Å². The van der Waals surface area contributed by atoms with Gasteiger partial charge in [-0.3, -0.25) is 4.79 Å². The second kappa shape index (κ2) is 25.2. The maximum atomic E-state index is 12.1. The van der Waals surface area contributed by atoms with Crippen molar-refractivity contribution in [3.63, 3.8) is 0 Å². The van der Waals surface area contributed by atoms with Gasteiger partial charge in [0.2, 0.25) is 5.91 Å². The highest BCUT2D eigenvalue weighted by molar-refractivity contribution is 8.07. The minimum atomic E-state index is -3.03. The Balaban J connectivity index is 3.95. The summed E-state index contributed by atoms with van der Waals surface area (Å²) in [5.41, 5.74) is 7.12. The van der Waals surface area contributed by atoms with E-state index in [1.54, 1.807) is 0 Å². The first-order valence-electron chi connectivity index (χ1n) is 15.5. The molecule has 0 radical (unpaired) electrons. The molecule has 0 fully saturated rings. The van der Waals surface area contributed by atoms with Crippen LogP contribution in [0.3, 0.4) is 0 Å². The second-order valence-electron chi connectivity index (χ2n) is 11.4. The molecule has 0 saturated heterocycles. The third-order valence-corrected chi connectivity index (χ3v) is 8.67. The Kier molecular flexibility index (Phi) is 24.4. The molecule has 1 unspecified atom stereocenters. The van der Waals surface area contributed by atoms with Crippen LogP contribution in [0.5, 0.6) is 0 Å². The molecule has 0 spiro atoms. The standard InChI is InChI=1S/C34H60NO4PS/c1-29(2)17-14-20-32(5)23-15-21-30(3)18-10-11-19-31(4)22-16-24-33(6)25-26-34(36)35-27-12-8-9-13-28-39-40(37,41)38-7/h17-19,23-24H,8-16,20-22,25-28H2,1-7H3,(H,35,36)(H,37,41)/b30-18+,31-19+,32-23+,33-24+. The number of nitrogens with one attached hydrogen (secondary N) is 1. The monoisotopic (exact) mass is 609 g/mol. The highest BCUT2D eigenvalue weighted by Crippen LogP contribution is 2.42. The summed E-state index contributed by atoms with van der Waals surface area (Å²) < 4.78 is 9.88. The Morgan fingerprint density at radius 1 is 0.683 bits per heavy atom. The molecule has 0 bridgehead atoms. The van der Waals surface area contributed by atoms with Crippen molar-refractivity contribution in [3.8, 4) is 0 Å². The molecule has 0 heterocycles. The van der Waals surface area contributed by atoms with Gasteiger partial charge in [0.05, 0.1) is 6.61 Å². The Labute approximate surface area is 257 Å². The Morgan fingerprint density at radius 2 is 1.15 bits per heavy atom. The van der Waals surface area contributed by atoms with Gasteiger partial charge in [0, 0.05) is 20.1 Å². The average Bonchev–Trinajstić information content (AvgIpc) is 2.91. The molecule has 0 aromatic heterocycles. The van der Waals surface area contributed by atoms with Gasteiger partial charge in [-0.1, -0.05) is 71.1 Å². The number of unbranched alkanes of at least 4 members (excludes halogenated alkanes) is 4. The molecule has 0 saturated carbocycles. The molecular formula is C34H60NO4PS. The van der Waals surface area contributed by atoms with Gasteiger partial charge < -0.3 is 19.3 Å². The number of amides is 1. The van der Waals surface area contributed by atoms with E-state index in [2.05, 4.69) is 77.2 Å². The van der Waals surface area contributed by atoms with Crippen LogP contribution >= 0.6 is 6.72 Å². The summed E-state index contributed by atoms with van der Waals surface area (Å²) >= 11 is 4.79. The molecule has 1 amide bonds. The quantitative estimate of drug-likeness (QED) is 0.0647. The Morgan fingerprint density at radius 3 is 1.66 bits per heavy atom. The van der Waals surface area contributed by atoms with Crippen molar-refractivity contribution in [2.75, 3.05) is 20.3 Å². The zero-order chi connectivity index (χ0) is 30.9. The SMILES string of the molecule is COP(O)(=S)OCCCCCCNC(=O)CC/C(C)=C/CC/C(C)=C/CC/C=C(\C)CC/C=C(\C)CCC=C(C)C. The van der Waals surface area contributed by atoms with Crippen LogP contribution in [0, 0.1) is 0 Å². The second-order valence-corrected chi connectivity index (χ2v) is 14.4. The molecule has 236 valence electrons. The first kappa shape index (κ1) is 39.7. The van der Waals surface area contributed by atoms with Gasteiger partial charge >= 0.3 is 6.72 Å². The van der Waals surface area contributed by atoms with Crippen LogP contribution in [0.15, 0.2) is 58.2 Å². The molecule has 5 nitrogen and oxygen atoms in total. The number of rotatable bonds is 24. The normalized spacial score (nSPS) is 14.6. The van der Waals surface area contributed by atoms with Gasteiger partial charge in [-0.15, -0.1) is 0 Å². The molecule has 0 aliphatic rings. The zero-order valence-corrected chi connectivity index (χ0v) is 28.9. The molecule has 1 atom stereocenters. The van der Waals surface area contributed by atoms with Crippen molar-refractivity contribution in [2.24, 2.45) is 0 Å². The van der Waals surface area contributed by atoms with Crippen LogP contribution in [-0.2, 0) is 25.6 Å². The number of hydrogen-bond acceptors (Lipinski definition) is 4. The summed E-state index contributed by atoms with van der Waals surface area (Å²) in [4.78, 5) is 21.6. The summed E-state index contributed by atoms with van der Waals surface area (Å²) in [5.74, 6) is 0.118. The number of carbonyl (C=O) groups is 1. The lowest BCUT2D eigenvalue weighted by atomic mass is 10.0. The lowest BCUT2D eigenvalue weighted by Crippen LogP contribution is -2.24. The van der Waals surface area contributed by atoms with Gasteiger partial charge in [0.1, 0.15) is 0 Å². The first-order chi connectivity index (χ1) is 19.4. The molecule has 41 heavy (non-hydrogen) atoms. The van der Waals surface area contributed by atoms with E-state index in [1.165, 1.54) is 41.4 Å². The topological polar surface area (TPSA) is 67.8 Å². The highest BCUT2D eigenvalue weighted by Gasteiger charge is 2.11. The van der Waals surface area contributed by atoms with E-state index < -0.39 is 6.72 Å². The molecule has 0 aromatic rings. The smallest absolute Gasteiger partial charge is 0.324 e. The van der Waals surface area contributed by atoms with E-state index in [0.29, 0.717) is 19.6 Å². The largest absolute Gasteiger partial charge is 0.356 e. The number of allylic oxidation sites excluding steroid dienone is 10. The lowest BCUT2D eigenvalue weighted by molar-refractivity contribution is -0.121. The fraction of sp³-hybridized carbons (Fsp3) is 0.676. The van der Waals surface area contributed by atoms with E-state index in [9.17, 15) is 9.69 Å². The highest BCUT2D eigenvalue weighted by atomic mass is 32.5. The van der Waals surface area contributed by atoms with E-state index in [1.807, 2.05) is 0 Å². The summed E-state index contributed by atoms with van der Waals surface area (Å²) in [7, 11) is 1.36. The van der Waals surface area contributed by atoms with Crippen molar-refractivity contribution < 1.29 is 18.7 Å². The number of carbonyl (C=O) groups excluding carboxylic acids is 1. The van der Waals surface area contributed by atoms with Crippen molar-refractivity contribution in [1.82, 2.24) is 5.32 Å². The van der Waals surface area contributed by atoms with Gasteiger partial charge in [-0.25, -0.2) is 0 Å². The molecule has 0 aliphatic carbocycles. The number of hydrogen-bond donors (Lipinski definition) is 2. The van der Waals surface area contributed by atoms with Crippen molar-refractivity contribution >= 4 is 24.4 Å². The van der Waals surface area contributed by atoms with Crippen LogP contribution in [0.2, 0.25) is 0 Å². The van der Waals surface area contributed by atoms with Gasteiger partial charge in [-0.05, 0) is 124 Å². The van der Waals surface area contributed by atoms with E-state index >= 15 is 0 Å². The third kappa shape index (κ3) is 27.3. The predicted octanol–water partition coefficient (Wildman–Crippen LogP) is 10.2. The molecule has 0 aliphatic heterocycles. The molecule has 0 rings (SSSR count). The van der Waals surface area contributed by atoms with Crippen LogP contribution in [-0.4, -0.2) is 31.1 Å². The lowest BCUT2D eigenvalue weighted by Gasteiger charge is -2.12. The Bertz CT molecular complexity index is 929. The maximum Gasteiger partial charge on any atom is 0.324 e. The summed E-state index contributed by atoms with van der Waals surface area (Å²) in [6.07, 6.45) is 25.8. The van der Waals surface area contributed by atoms with Gasteiger partial charge in [-0.2, -0.15) is 0 Å². The van der Waals surface area contributed by atoms with Gasteiger partial charge in [0.15, 0.2) is 0 Å². The third-order valence-electron chi connectivity index (χ3n) is 6.93. The summed E-state index contributed by atoms with van der Waals surface area (Å²) in [5, 5.41) is 3.01. The molecule has 7 heteroatoms. The van der Waals surface area contributed by atoms with Crippen LogP contribution in [0.4, 0.5) is 0 Å². The summed E-state index contributed by atoms with van der Waals surface area (Å²) in [6, 6.07) is 0. The minimum Gasteiger partial charge on any atom is -0.356 e. The van der Waals surface area contributed by atoms with E-state index in [-0.39, 0.29) is 5.91 Å². The van der Waals surface area contributed by atoms with Crippen LogP contribution in [0.25, 0.3) is 0 Å². The molecular weight excluding hydrogens is 549 g/mol. The fourth-order valence-corrected chi connectivity index (χ4v) is 4.88. The minimum absolute atomic E-state index is 0.118. The summed E-state index contributed by atoms with van der Waals surface area (Å²) in [6.45, 7) is 11.3. The predicted molar refractivity (Wildman–Crippen MR) is 182 cm³/mol. The molecule has 2 N–H and O–H groups in total. The average molecular weight is 610 g/mol. The molecule has 0 aromatic carbocycles. The van der Waals surface area contributed by atoms with Gasteiger partial charge in [0.25, 0.3) is 0 Å². The van der Waals surface area contributed by atoms with Crippen molar-refractivity contribution in [1.29, 1.82) is 0 Å². The maximum absolute atomic E-state index is 12.1. The van der Waals surface area contributed by atoms with Crippen LogP contribution in [0.1, 0.15) is 131 Å². The first-order valence-corrected chi connectivity index (χ1v) is 18.1. The van der Waals surface area contributed by atoms with E-state index in [4.69, 9.17) is 20.9 Å².